The van der Waals surface area contributed by atoms with E-state index in [2.05, 4.69) is 0 Å². The van der Waals surface area contributed by atoms with Crippen molar-refractivity contribution in [3.05, 3.63) is 27.8 Å². The zero-order chi connectivity index (χ0) is 9.42. The number of fused-ring (bicyclic) bond motifs is 1. The van der Waals surface area contributed by atoms with Crippen LogP contribution in [-0.4, -0.2) is 11.7 Å². The van der Waals surface area contributed by atoms with Crippen LogP contribution in [0.1, 0.15) is 5.56 Å². The molecule has 5 heteroatoms. The SMILES string of the molecule is Cc1ccc([N+](=O)[O-])c2c1OCO2. The second-order valence-electron chi connectivity index (χ2n) is 2.72. The first-order valence-electron chi connectivity index (χ1n) is 3.74. The monoisotopic (exact) mass is 181 g/mol. The summed E-state index contributed by atoms with van der Waals surface area (Å²) in [5.74, 6) is 0.721. The molecule has 1 aliphatic rings. The molecule has 0 aliphatic carbocycles. The molecule has 1 heterocycles. The van der Waals surface area contributed by atoms with Crippen molar-refractivity contribution in [2.75, 3.05) is 6.79 Å². The molecular weight excluding hydrogens is 174 g/mol. The highest BCUT2D eigenvalue weighted by atomic mass is 16.7. The van der Waals surface area contributed by atoms with Gasteiger partial charge in [0.1, 0.15) is 0 Å². The van der Waals surface area contributed by atoms with Gasteiger partial charge in [0.05, 0.1) is 4.92 Å². The lowest BCUT2D eigenvalue weighted by atomic mass is 10.2. The number of hydrogen-bond donors (Lipinski definition) is 0. The third-order valence-electron chi connectivity index (χ3n) is 1.89. The van der Waals surface area contributed by atoms with E-state index < -0.39 is 4.92 Å². The van der Waals surface area contributed by atoms with E-state index in [-0.39, 0.29) is 18.2 Å². The number of aryl methyl sites for hydroxylation is 1. The summed E-state index contributed by atoms with van der Waals surface area (Å²) in [6, 6.07) is 3.06. The van der Waals surface area contributed by atoms with Gasteiger partial charge < -0.3 is 9.47 Å². The van der Waals surface area contributed by atoms with Crippen LogP contribution in [0.4, 0.5) is 5.69 Å². The number of nitro benzene ring substituents is 1. The largest absolute Gasteiger partial charge is 0.453 e. The molecule has 0 saturated heterocycles. The highest BCUT2D eigenvalue weighted by Crippen LogP contribution is 2.42. The molecule has 5 nitrogen and oxygen atoms in total. The molecule has 0 atom stereocenters. The zero-order valence-electron chi connectivity index (χ0n) is 6.94. The van der Waals surface area contributed by atoms with Crippen LogP contribution in [0.2, 0.25) is 0 Å². The minimum atomic E-state index is -0.479. The minimum Gasteiger partial charge on any atom is -0.453 e. The molecule has 1 aromatic carbocycles. The number of rotatable bonds is 1. The van der Waals surface area contributed by atoms with Crippen LogP contribution in [0.15, 0.2) is 12.1 Å². The van der Waals surface area contributed by atoms with Crippen LogP contribution in [0.5, 0.6) is 11.5 Å². The van der Waals surface area contributed by atoms with Crippen molar-refractivity contribution in [3.63, 3.8) is 0 Å². The van der Waals surface area contributed by atoms with E-state index in [0.29, 0.717) is 5.75 Å². The molecule has 13 heavy (non-hydrogen) atoms. The van der Waals surface area contributed by atoms with Crippen molar-refractivity contribution in [3.8, 4) is 11.5 Å². The number of hydrogen-bond acceptors (Lipinski definition) is 4. The normalized spacial score (nSPS) is 13.0. The Balaban J connectivity index is 2.62. The summed E-state index contributed by atoms with van der Waals surface area (Å²) in [5.41, 5.74) is 0.802. The van der Waals surface area contributed by atoms with Gasteiger partial charge in [-0.1, -0.05) is 0 Å². The molecule has 0 spiro atoms. The number of ether oxygens (including phenoxy) is 2. The molecule has 0 saturated carbocycles. The van der Waals surface area contributed by atoms with Crippen LogP contribution < -0.4 is 9.47 Å². The standard InChI is InChI=1S/C8H7NO4/c1-5-2-3-6(9(10)11)8-7(5)12-4-13-8/h2-3H,4H2,1H3. The van der Waals surface area contributed by atoms with Crippen molar-refractivity contribution in [2.45, 2.75) is 6.92 Å². The first-order valence-corrected chi connectivity index (χ1v) is 3.74. The summed E-state index contributed by atoms with van der Waals surface area (Å²) < 4.78 is 10.1. The summed E-state index contributed by atoms with van der Waals surface area (Å²) >= 11 is 0. The Hall–Kier alpha value is -1.78. The fourth-order valence-electron chi connectivity index (χ4n) is 1.26. The maximum atomic E-state index is 10.5. The predicted octanol–water partition coefficient (Wildman–Crippen LogP) is 1.63. The fraction of sp³-hybridized carbons (Fsp3) is 0.250. The van der Waals surface area contributed by atoms with Gasteiger partial charge in [-0.3, -0.25) is 10.1 Å². The number of benzene rings is 1. The molecule has 0 aromatic heterocycles. The molecule has 0 bridgehead atoms. The van der Waals surface area contributed by atoms with Crippen LogP contribution in [0.3, 0.4) is 0 Å². The summed E-state index contributed by atoms with van der Waals surface area (Å²) in [6.45, 7) is 1.87. The molecule has 0 unspecified atom stereocenters. The Kier molecular flexibility index (Phi) is 1.58. The lowest BCUT2D eigenvalue weighted by molar-refractivity contribution is -0.385. The van der Waals surface area contributed by atoms with E-state index in [1.165, 1.54) is 6.07 Å². The molecule has 1 aromatic rings. The average molecular weight is 181 g/mol. The molecule has 2 rings (SSSR count). The molecule has 0 radical (unpaired) electrons. The third-order valence-corrected chi connectivity index (χ3v) is 1.89. The zero-order valence-corrected chi connectivity index (χ0v) is 6.94. The smallest absolute Gasteiger partial charge is 0.315 e. The van der Waals surface area contributed by atoms with Gasteiger partial charge in [0, 0.05) is 6.07 Å². The van der Waals surface area contributed by atoms with Crippen LogP contribution in [0, 0.1) is 17.0 Å². The molecule has 68 valence electrons. The first-order chi connectivity index (χ1) is 6.20. The summed E-state index contributed by atoms with van der Waals surface area (Å²) in [6.07, 6.45) is 0. The van der Waals surface area contributed by atoms with Crippen LogP contribution in [0.25, 0.3) is 0 Å². The van der Waals surface area contributed by atoms with Crippen molar-refractivity contribution in [1.82, 2.24) is 0 Å². The van der Waals surface area contributed by atoms with Gasteiger partial charge in [-0.2, -0.15) is 0 Å². The predicted molar refractivity (Wildman–Crippen MR) is 44.0 cm³/mol. The van der Waals surface area contributed by atoms with Gasteiger partial charge in [0.25, 0.3) is 0 Å². The molecule has 1 aliphatic heterocycles. The molecule has 0 amide bonds. The van der Waals surface area contributed by atoms with Crippen molar-refractivity contribution in [2.24, 2.45) is 0 Å². The van der Waals surface area contributed by atoms with E-state index in [1.807, 2.05) is 6.92 Å². The maximum absolute atomic E-state index is 10.5. The Morgan fingerprint density at radius 2 is 2.08 bits per heavy atom. The van der Waals surface area contributed by atoms with Crippen molar-refractivity contribution in [1.29, 1.82) is 0 Å². The first kappa shape index (κ1) is 7.85. The van der Waals surface area contributed by atoms with Crippen LogP contribution in [-0.2, 0) is 0 Å². The van der Waals surface area contributed by atoms with Gasteiger partial charge >= 0.3 is 5.69 Å². The van der Waals surface area contributed by atoms with Crippen molar-refractivity contribution < 1.29 is 14.4 Å². The number of nitro groups is 1. The summed E-state index contributed by atoms with van der Waals surface area (Å²) in [4.78, 5) is 10.1. The van der Waals surface area contributed by atoms with E-state index in [9.17, 15) is 10.1 Å². The maximum Gasteiger partial charge on any atom is 0.315 e. The quantitative estimate of drug-likeness (QED) is 0.488. The Labute approximate surface area is 74.0 Å². The van der Waals surface area contributed by atoms with Gasteiger partial charge in [0.15, 0.2) is 5.75 Å². The Bertz CT molecular complexity index is 375. The fourth-order valence-corrected chi connectivity index (χ4v) is 1.26. The van der Waals surface area contributed by atoms with E-state index in [4.69, 9.17) is 9.47 Å². The molecule has 0 fully saturated rings. The van der Waals surface area contributed by atoms with E-state index >= 15 is 0 Å². The van der Waals surface area contributed by atoms with E-state index in [0.717, 1.165) is 5.56 Å². The van der Waals surface area contributed by atoms with Gasteiger partial charge in [-0.05, 0) is 18.6 Å². The minimum absolute atomic E-state index is 0.0434. The Morgan fingerprint density at radius 1 is 1.38 bits per heavy atom. The van der Waals surface area contributed by atoms with Gasteiger partial charge in [-0.25, -0.2) is 0 Å². The topological polar surface area (TPSA) is 61.6 Å². The molecular formula is C8H7NO4. The highest BCUT2D eigenvalue weighted by molar-refractivity contribution is 5.60. The summed E-state index contributed by atoms with van der Waals surface area (Å²) in [7, 11) is 0. The van der Waals surface area contributed by atoms with Gasteiger partial charge in [0.2, 0.25) is 12.5 Å². The highest BCUT2D eigenvalue weighted by Gasteiger charge is 2.26. The lowest BCUT2D eigenvalue weighted by Crippen LogP contribution is -1.94. The van der Waals surface area contributed by atoms with Gasteiger partial charge in [-0.15, -0.1) is 0 Å². The second kappa shape index (κ2) is 2.62. The third kappa shape index (κ3) is 1.09. The Morgan fingerprint density at radius 3 is 2.77 bits per heavy atom. The number of nitrogens with zero attached hydrogens (tertiary/aromatic N) is 1. The molecule has 0 N–H and O–H groups in total. The van der Waals surface area contributed by atoms with E-state index in [1.54, 1.807) is 6.07 Å². The lowest BCUT2D eigenvalue weighted by Gasteiger charge is -1.99. The van der Waals surface area contributed by atoms with Crippen molar-refractivity contribution >= 4 is 5.69 Å². The van der Waals surface area contributed by atoms with Crippen LogP contribution >= 0.6 is 0 Å². The summed E-state index contributed by atoms with van der Waals surface area (Å²) in [5, 5.41) is 10.5. The average Bonchev–Trinajstić information content (AvgIpc) is 2.53. The second-order valence-corrected chi connectivity index (χ2v) is 2.72.